The Balaban J connectivity index is 2.58. The fraction of sp³-hybridized carbons (Fsp3) is 0.0833. The molecule has 0 saturated carbocycles. The topological polar surface area (TPSA) is 37.3 Å². The van der Waals surface area contributed by atoms with Crippen LogP contribution in [0, 0.1) is 6.92 Å². The fourth-order valence-electron chi connectivity index (χ4n) is 1.59. The molecule has 0 bridgehead atoms. The van der Waals surface area contributed by atoms with Crippen LogP contribution < -0.4 is 0 Å². The number of carboxylic acid groups (broad SMARTS) is 1. The highest BCUT2D eigenvalue weighted by Crippen LogP contribution is 2.32. The molecule has 0 saturated heterocycles. The van der Waals surface area contributed by atoms with Gasteiger partial charge in [0.1, 0.15) is 0 Å². The van der Waals surface area contributed by atoms with Gasteiger partial charge in [0, 0.05) is 20.3 Å². The largest absolute Gasteiger partial charge is 0.478 e. The second-order valence-electron chi connectivity index (χ2n) is 3.39. The van der Waals surface area contributed by atoms with Gasteiger partial charge < -0.3 is 5.11 Å². The van der Waals surface area contributed by atoms with Crippen molar-refractivity contribution < 1.29 is 9.90 Å². The molecule has 82 valence electrons. The number of carboxylic acids is 1. The van der Waals surface area contributed by atoms with E-state index in [2.05, 4.69) is 15.9 Å². The molecule has 0 atom stereocenters. The second-order valence-corrected chi connectivity index (χ2v) is 5.39. The molecule has 1 N–H and O–H groups in total. The zero-order valence-corrected chi connectivity index (χ0v) is 10.9. The normalized spacial score (nSPS) is 10.4. The highest BCUT2D eigenvalue weighted by molar-refractivity contribution is 9.10. The van der Waals surface area contributed by atoms with Crippen LogP contribution >= 0.6 is 27.3 Å². The Kier molecular flexibility index (Phi) is 3.12. The van der Waals surface area contributed by atoms with Gasteiger partial charge in [-0.15, -0.1) is 11.3 Å². The fourth-order valence-corrected chi connectivity index (χ4v) is 2.71. The molecule has 2 nitrogen and oxygen atoms in total. The lowest BCUT2D eigenvalue weighted by Gasteiger charge is -2.03. The molecule has 0 radical (unpaired) electrons. The Morgan fingerprint density at radius 3 is 2.50 bits per heavy atom. The summed E-state index contributed by atoms with van der Waals surface area (Å²) in [6.07, 6.45) is 0. The van der Waals surface area contributed by atoms with Gasteiger partial charge >= 0.3 is 5.97 Å². The first kappa shape index (κ1) is 11.4. The molecule has 1 aromatic heterocycles. The van der Waals surface area contributed by atoms with Gasteiger partial charge in [0.25, 0.3) is 0 Å². The third-order valence-electron chi connectivity index (χ3n) is 2.34. The molecule has 2 rings (SSSR count). The van der Waals surface area contributed by atoms with Crippen molar-refractivity contribution in [3.63, 3.8) is 0 Å². The van der Waals surface area contributed by atoms with Crippen LogP contribution in [0.4, 0.5) is 0 Å². The van der Waals surface area contributed by atoms with Crippen LogP contribution in [0.3, 0.4) is 0 Å². The highest BCUT2D eigenvalue weighted by atomic mass is 79.9. The molecule has 1 aromatic carbocycles. The minimum absolute atomic E-state index is 0.379. The van der Waals surface area contributed by atoms with Crippen LogP contribution in [0.2, 0.25) is 0 Å². The minimum Gasteiger partial charge on any atom is -0.478 e. The van der Waals surface area contributed by atoms with Crippen LogP contribution in [0.15, 0.2) is 34.1 Å². The zero-order chi connectivity index (χ0) is 11.7. The first-order chi connectivity index (χ1) is 7.59. The van der Waals surface area contributed by atoms with Crippen molar-refractivity contribution in [2.45, 2.75) is 6.92 Å². The van der Waals surface area contributed by atoms with Crippen LogP contribution in [-0.4, -0.2) is 11.1 Å². The van der Waals surface area contributed by atoms with E-state index in [1.54, 1.807) is 5.38 Å². The Bertz CT molecular complexity index is 528. The van der Waals surface area contributed by atoms with Crippen molar-refractivity contribution in [1.29, 1.82) is 0 Å². The SMILES string of the molecule is Cc1scc(C(=O)O)c1-c1ccc(Br)cc1. The van der Waals surface area contributed by atoms with Crippen LogP contribution in [0.1, 0.15) is 15.2 Å². The number of carbonyl (C=O) groups is 1. The Morgan fingerprint density at radius 2 is 1.94 bits per heavy atom. The van der Waals surface area contributed by atoms with Gasteiger partial charge in [0.2, 0.25) is 0 Å². The van der Waals surface area contributed by atoms with Gasteiger partial charge in [-0.3, -0.25) is 0 Å². The molecule has 0 amide bonds. The molecule has 0 fully saturated rings. The summed E-state index contributed by atoms with van der Waals surface area (Å²) in [5.74, 6) is -0.873. The molecule has 1 heterocycles. The molecule has 0 aliphatic carbocycles. The summed E-state index contributed by atoms with van der Waals surface area (Å²) in [4.78, 5) is 12.1. The van der Waals surface area contributed by atoms with Gasteiger partial charge in [0.15, 0.2) is 0 Å². The molecule has 0 aliphatic rings. The highest BCUT2D eigenvalue weighted by Gasteiger charge is 2.15. The Hall–Kier alpha value is -1.13. The van der Waals surface area contributed by atoms with Gasteiger partial charge in [-0.1, -0.05) is 28.1 Å². The molecule has 0 unspecified atom stereocenters. The third-order valence-corrected chi connectivity index (χ3v) is 3.78. The summed E-state index contributed by atoms with van der Waals surface area (Å²) in [7, 11) is 0. The monoisotopic (exact) mass is 296 g/mol. The minimum atomic E-state index is -0.873. The maximum Gasteiger partial charge on any atom is 0.337 e. The van der Waals surface area contributed by atoms with Crippen molar-refractivity contribution in [3.05, 3.63) is 44.6 Å². The van der Waals surface area contributed by atoms with Crippen molar-refractivity contribution in [3.8, 4) is 11.1 Å². The number of rotatable bonds is 2. The molecular formula is C12H9BrO2S. The summed E-state index contributed by atoms with van der Waals surface area (Å²) in [6, 6.07) is 7.67. The Labute approximate surface area is 106 Å². The number of hydrogen-bond acceptors (Lipinski definition) is 2. The Morgan fingerprint density at radius 1 is 1.31 bits per heavy atom. The van der Waals surface area contributed by atoms with Crippen molar-refractivity contribution in [2.24, 2.45) is 0 Å². The van der Waals surface area contributed by atoms with Crippen molar-refractivity contribution in [1.82, 2.24) is 0 Å². The van der Waals surface area contributed by atoms with E-state index in [4.69, 9.17) is 5.11 Å². The number of aryl methyl sites for hydroxylation is 1. The standard InChI is InChI=1S/C12H9BrO2S/c1-7-11(10(6-16-7)12(14)15)8-2-4-9(13)5-3-8/h2-6H,1H3,(H,14,15). The predicted octanol–water partition coefficient (Wildman–Crippen LogP) is 4.18. The molecule has 2 aromatic rings. The lowest BCUT2D eigenvalue weighted by molar-refractivity contribution is 0.0698. The number of benzene rings is 1. The van der Waals surface area contributed by atoms with E-state index in [0.29, 0.717) is 5.56 Å². The van der Waals surface area contributed by atoms with E-state index in [0.717, 1.165) is 20.5 Å². The number of hydrogen-bond donors (Lipinski definition) is 1. The first-order valence-corrected chi connectivity index (χ1v) is 6.34. The maximum absolute atomic E-state index is 11.1. The average molecular weight is 297 g/mol. The summed E-state index contributed by atoms with van der Waals surface area (Å²) in [5, 5.41) is 10.8. The predicted molar refractivity (Wildman–Crippen MR) is 69.2 cm³/mol. The third kappa shape index (κ3) is 2.03. The maximum atomic E-state index is 11.1. The summed E-state index contributed by atoms with van der Waals surface area (Å²) in [5.41, 5.74) is 2.15. The quantitative estimate of drug-likeness (QED) is 0.902. The first-order valence-electron chi connectivity index (χ1n) is 4.67. The van der Waals surface area contributed by atoms with E-state index < -0.39 is 5.97 Å². The summed E-state index contributed by atoms with van der Waals surface area (Å²) >= 11 is 4.83. The van der Waals surface area contributed by atoms with Crippen LogP contribution in [-0.2, 0) is 0 Å². The van der Waals surface area contributed by atoms with Gasteiger partial charge in [-0.25, -0.2) is 4.79 Å². The molecule has 4 heteroatoms. The molecule has 0 spiro atoms. The van der Waals surface area contributed by atoms with Crippen molar-refractivity contribution in [2.75, 3.05) is 0 Å². The average Bonchev–Trinajstić information content (AvgIpc) is 2.62. The van der Waals surface area contributed by atoms with Gasteiger partial charge in [-0.2, -0.15) is 0 Å². The smallest absolute Gasteiger partial charge is 0.337 e. The van der Waals surface area contributed by atoms with E-state index in [1.807, 2.05) is 31.2 Å². The zero-order valence-electron chi connectivity index (χ0n) is 8.53. The second kappa shape index (κ2) is 4.39. The van der Waals surface area contributed by atoms with E-state index in [-0.39, 0.29) is 0 Å². The van der Waals surface area contributed by atoms with Crippen LogP contribution in [0.25, 0.3) is 11.1 Å². The summed E-state index contributed by atoms with van der Waals surface area (Å²) < 4.78 is 0.987. The van der Waals surface area contributed by atoms with Crippen LogP contribution in [0.5, 0.6) is 0 Å². The molecular weight excluding hydrogens is 288 g/mol. The van der Waals surface area contributed by atoms with E-state index in [9.17, 15) is 4.79 Å². The summed E-state index contributed by atoms with van der Waals surface area (Å²) in [6.45, 7) is 1.94. The lowest BCUT2D eigenvalue weighted by Crippen LogP contribution is -1.96. The molecule has 16 heavy (non-hydrogen) atoms. The van der Waals surface area contributed by atoms with E-state index in [1.165, 1.54) is 11.3 Å². The number of aromatic carboxylic acids is 1. The lowest BCUT2D eigenvalue weighted by atomic mass is 10.0. The van der Waals surface area contributed by atoms with Gasteiger partial charge in [-0.05, 0) is 24.6 Å². The number of thiophene rings is 1. The van der Waals surface area contributed by atoms with Crippen molar-refractivity contribution >= 4 is 33.2 Å². The number of halogens is 1. The van der Waals surface area contributed by atoms with Gasteiger partial charge in [0.05, 0.1) is 5.56 Å². The van der Waals surface area contributed by atoms with E-state index >= 15 is 0 Å². The molecule has 0 aliphatic heterocycles.